The molecule has 104 valence electrons. The maximum absolute atomic E-state index is 11.8. The highest BCUT2D eigenvalue weighted by atomic mass is 16.2. The average molecular weight is 270 g/mol. The van der Waals surface area contributed by atoms with Crippen LogP contribution in [-0.4, -0.2) is 29.9 Å². The van der Waals surface area contributed by atoms with Gasteiger partial charge < -0.3 is 16.0 Å². The first-order valence-electron chi connectivity index (χ1n) is 6.32. The van der Waals surface area contributed by atoms with Gasteiger partial charge in [0.15, 0.2) is 0 Å². The third-order valence-corrected chi connectivity index (χ3v) is 2.83. The van der Waals surface area contributed by atoms with Crippen molar-refractivity contribution < 1.29 is 4.79 Å². The van der Waals surface area contributed by atoms with Crippen molar-refractivity contribution in [1.82, 2.24) is 9.88 Å². The fraction of sp³-hybridized carbons (Fsp3) is 0.200. The van der Waals surface area contributed by atoms with Gasteiger partial charge >= 0.3 is 0 Å². The van der Waals surface area contributed by atoms with Crippen LogP contribution in [-0.2, 0) is 6.54 Å². The number of carbonyl (C=O) groups excluding carboxylic acids is 1. The number of benzene rings is 1. The molecule has 0 bridgehead atoms. The molecule has 1 heterocycles. The van der Waals surface area contributed by atoms with E-state index in [1.807, 2.05) is 30.3 Å². The van der Waals surface area contributed by atoms with Crippen LogP contribution in [0.3, 0.4) is 0 Å². The molecule has 0 spiro atoms. The summed E-state index contributed by atoms with van der Waals surface area (Å²) in [6, 6.07) is 11.3. The molecule has 5 nitrogen and oxygen atoms in total. The first kappa shape index (κ1) is 13.9. The van der Waals surface area contributed by atoms with Gasteiger partial charge in [-0.3, -0.25) is 9.78 Å². The van der Waals surface area contributed by atoms with E-state index in [1.165, 1.54) is 4.90 Å². The van der Waals surface area contributed by atoms with E-state index in [-0.39, 0.29) is 5.91 Å². The molecule has 5 heteroatoms. The number of amides is 1. The Morgan fingerprint density at radius 1 is 1.30 bits per heavy atom. The lowest BCUT2D eigenvalue weighted by Crippen LogP contribution is -2.22. The van der Waals surface area contributed by atoms with Crippen LogP contribution in [0.5, 0.6) is 0 Å². The first-order valence-corrected chi connectivity index (χ1v) is 6.32. The van der Waals surface area contributed by atoms with Gasteiger partial charge in [-0.15, -0.1) is 0 Å². The van der Waals surface area contributed by atoms with Gasteiger partial charge in [0, 0.05) is 38.2 Å². The second kappa shape index (κ2) is 6.06. The maximum atomic E-state index is 11.8. The molecule has 1 aromatic carbocycles. The summed E-state index contributed by atoms with van der Waals surface area (Å²) in [5.41, 5.74) is 8.84. The number of nitrogens with two attached hydrogens (primary N) is 1. The molecule has 2 rings (SSSR count). The van der Waals surface area contributed by atoms with E-state index in [1.54, 1.807) is 26.4 Å². The number of pyridine rings is 1. The zero-order valence-electron chi connectivity index (χ0n) is 11.6. The Morgan fingerprint density at radius 2 is 2.10 bits per heavy atom. The number of nitrogens with zero attached hydrogens (tertiary/aromatic N) is 2. The van der Waals surface area contributed by atoms with Crippen LogP contribution in [0.2, 0.25) is 0 Å². The minimum atomic E-state index is -0.113. The number of nitrogen functional groups attached to an aromatic ring is 1. The van der Waals surface area contributed by atoms with E-state index in [9.17, 15) is 4.79 Å². The average Bonchev–Trinajstić information content (AvgIpc) is 2.44. The second-order valence-corrected chi connectivity index (χ2v) is 4.73. The molecule has 0 radical (unpaired) electrons. The molecule has 0 atom stereocenters. The normalized spacial score (nSPS) is 10.1. The summed E-state index contributed by atoms with van der Waals surface area (Å²) in [7, 11) is 3.41. The molecule has 1 aromatic heterocycles. The van der Waals surface area contributed by atoms with Crippen molar-refractivity contribution >= 4 is 17.3 Å². The van der Waals surface area contributed by atoms with Crippen LogP contribution in [0.4, 0.5) is 11.4 Å². The predicted octanol–water partition coefficient (Wildman–Crippen LogP) is 1.98. The van der Waals surface area contributed by atoms with Crippen LogP contribution in [0.1, 0.15) is 16.1 Å². The number of rotatable bonds is 4. The molecule has 0 fully saturated rings. The molecular weight excluding hydrogens is 252 g/mol. The Bertz CT molecular complexity index is 610. The Kier molecular flexibility index (Phi) is 4.20. The third kappa shape index (κ3) is 3.47. The van der Waals surface area contributed by atoms with Crippen molar-refractivity contribution in [1.29, 1.82) is 0 Å². The second-order valence-electron chi connectivity index (χ2n) is 4.73. The molecule has 2 aromatic rings. The van der Waals surface area contributed by atoms with Gasteiger partial charge in [0.2, 0.25) is 0 Å². The summed E-state index contributed by atoms with van der Waals surface area (Å²) in [4.78, 5) is 17.4. The molecule has 1 amide bonds. The Balaban J connectivity index is 2.07. The van der Waals surface area contributed by atoms with E-state index in [2.05, 4.69) is 10.3 Å². The van der Waals surface area contributed by atoms with E-state index < -0.39 is 0 Å². The number of anilines is 2. The highest BCUT2D eigenvalue weighted by Crippen LogP contribution is 2.12. The van der Waals surface area contributed by atoms with Crippen molar-refractivity contribution in [2.75, 3.05) is 25.1 Å². The lowest BCUT2D eigenvalue weighted by molar-refractivity contribution is 0.0822. The summed E-state index contributed by atoms with van der Waals surface area (Å²) in [6.07, 6.45) is 1.62. The van der Waals surface area contributed by atoms with Gasteiger partial charge in [0.05, 0.1) is 0 Å². The summed E-state index contributed by atoms with van der Waals surface area (Å²) in [6.45, 7) is 0.644. The van der Waals surface area contributed by atoms with Crippen molar-refractivity contribution in [3.05, 3.63) is 53.9 Å². The number of carbonyl (C=O) groups is 1. The highest BCUT2D eigenvalue weighted by Gasteiger charge is 2.09. The molecule has 0 unspecified atom stereocenters. The summed E-state index contributed by atoms with van der Waals surface area (Å²) >= 11 is 0. The molecule has 3 N–H and O–H groups in total. The van der Waals surface area contributed by atoms with E-state index in [4.69, 9.17) is 5.73 Å². The van der Waals surface area contributed by atoms with E-state index in [0.29, 0.717) is 12.2 Å². The van der Waals surface area contributed by atoms with Crippen molar-refractivity contribution in [3.63, 3.8) is 0 Å². The van der Waals surface area contributed by atoms with Gasteiger partial charge in [-0.1, -0.05) is 12.1 Å². The molecule has 0 aliphatic carbocycles. The quantitative estimate of drug-likeness (QED) is 0.833. The fourth-order valence-electron chi connectivity index (χ4n) is 1.79. The molecule has 20 heavy (non-hydrogen) atoms. The zero-order chi connectivity index (χ0) is 14.5. The Morgan fingerprint density at radius 3 is 2.80 bits per heavy atom. The smallest absolute Gasteiger partial charge is 0.272 e. The third-order valence-electron chi connectivity index (χ3n) is 2.83. The monoisotopic (exact) mass is 270 g/mol. The molecular formula is C15H18N4O. The van der Waals surface area contributed by atoms with Crippen molar-refractivity contribution in [3.8, 4) is 0 Å². The molecule has 0 saturated carbocycles. The van der Waals surface area contributed by atoms with Gasteiger partial charge in [0.1, 0.15) is 5.69 Å². The van der Waals surface area contributed by atoms with Crippen molar-refractivity contribution in [2.45, 2.75) is 6.54 Å². The molecule has 0 aliphatic rings. The van der Waals surface area contributed by atoms with Gasteiger partial charge in [-0.2, -0.15) is 0 Å². The van der Waals surface area contributed by atoms with E-state index >= 15 is 0 Å². The zero-order valence-corrected chi connectivity index (χ0v) is 11.6. The number of hydrogen-bond acceptors (Lipinski definition) is 4. The predicted molar refractivity (Wildman–Crippen MR) is 80.4 cm³/mol. The first-order chi connectivity index (χ1) is 9.56. The van der Waals surface area contributed by atoms with Crippen LogP contribution < -0.4 is 11.1 Å². The largest absolute Gasteiger partial charge is 0.399 e. The topological polar surface area (TPSA) is 71.2 Å². The SMILES string of the molecule is CN(C)C(=O)c1cc(NCc2cccc(N)c2)ccn1. The van der Waals surface area contributed by atoms with Crippen LogP contribution in [0.15, 0.2) is 42.6 Å². The Labute approximate surface area is 118 Å². The van der Waals surface area contributed by atoms with Crippen LogP contribution in [0, 0.1) is 0 Å². The standard InChI is InChI=1S/C15H18N4O/c1-19(2)15(20)14-9-13(6-7-17-14)18-10-11-4-3-5-12(16)8-11/h3-9H,10,16H2,1-2H3,(H,17,18). The maximum Gasteiger partial charge on any atom is 0.272 e. The minimum absolute atomic E-state index is 0.113. The molecule has 0 saturated heterocycles. The number of aromatic nitrogens is 1. The van der Waals surface area contributed by atoms with Crippen LogP contribution >= 0.6 is 0 Å². The lowest BCUT2D eigenvalue weighted by atomic mass is 10.2. The number of nitrogens with one attached hydrogen (secondary N) is 1. The fourth-order valence-corrected chi connectivity index (χ4v) is 1.79. The van der Waals surface area contributed by atoms with Crippen LogP contribution in [0.25, 0.3) is 0 Å². The minimum Gasteiger partial charge on any atom is -0.399 e. The summed E-state index contributed by atoms with van der Waals surface area (Å²) in [5.74, 6) is -0.113. The Hall–Kier alpha value is -2.56. The van der Waals surface area contributed by atoms with Gasteiger partial charge in [-0.05, 0) is 29.8 Å². The summed E-state index contributed by atoms with van der Waals surface area (Å²) < 4.78 is 0. The summed E-state index contributed by atoms with van der Waals surface area (Å²) in [5, 5.41) is 3.26. The van der Waals surface area contributed by atoms with Crippen molar-refractivity contribution in [2.24, 2.45) is 0 Å². The van der Waals surface area contributed by atoms with Gasteiger partial charge in [-0.25, -0.2) is 0 Å². The van der Waals surface area contributed by atoms with Gasteiger partial charge in [0.25, 0.3) is 5.91 Å². The van der Waals surface area contributed by atoms with E-state index in [0.717, 1.165) is 16.9 Å². The number of hydrogen-bond donors (Lipinski definition) is 2. The lowest BCUT2D eigenvalue weighted by Gasteiger charge is -2.11. The highest BCUT2D eigenvalue weighted by molar-refractivity contribution is 5.92. The molecule has 0 aliphatic heterocycles.